The lowest BCUT2D eigenvalue weighted by atomic mass is 10.2. The highest BCUT2D eigenvalue weighted by Crippen LogP contribution is 2.08. The first-order chi connectivity index (χ1) is 6.27. The molecule has 0 amide bonds. The predicted octanol–water partition coefficient (Wildman–Crippen LogP) is 2.84. The Kier molecular flexibility index (Phi) is 2.02. The predicted molar refractivity (Wildman–Crippen MR) is 55.7 cm³/mol. The molecule has 1 N–H and O–H groups in total. The van der Waals surface area contributed by atoms with Gasteiger partial charge in [0.15, 0.2) is 0 Å². The highest BCUT2D eigenvalue weighted by molar-refractivity contribution is 7.71. The van der Waals surface area contributed by atoms with Crippen molar-refractivity contribution in [1.82, 2.24) is 9.78 Å². The third kappa shape index (κ3) is 1.55. The minimum absolute atomic E-state index is 0.795. The van der Waals surface area contributed by atoms with E-state index >= 15 is 0 Å². The molecule has 0 atom stereocenters. The SMILES string of the molecule is Cc1ccc(-n2[nH]ccc2=S)cc1. The highest BCUT2D eigenvalue weighted by atomic mass is 32.1. The molecule has 1 aromatic carbocycles. The highest BCUT2D eigenvalue weighted by Gasteiger charge is 1.95. The lowest BCUT2D eigenvalue weighted by Gasteiger charge is -2.02. The minimum atomic E-state index is 0.795. The Bertz CT molecular complexity index is 450. The van der Waals surface area contributed by atoms with Gasteiger partial charge in [-0.05, 0) is 25.1 Å². The van der Waals surface area contributed by atoms with Gasteiger partial charge in [-0.1, -0.05) is 29.9 Å². The summed E-state index contributed by atoms with van der Waals surface area (Å²) in [5.41, 5.74) is 2.32. The maximum atomic E-state index is 5.13. The van der Waals surface area contributed by atoms with Gasteiger partial charge in [-0.15, -0.1) is 0 Å². The van der Waals surface area contributed by atoms with Crippen molar-refractivity contribution in [2.45, 2.75) is 6.92 Å². The molecule has 0 fully saturated rings. The van der Waals surface area contributed by atoms with Crippen LogP contribution in [0.5, 0.6) is 0 Å². The maximum Gasteiger partial charge on any atom is 0.127 e. The smallest absolute Gasteiger partial charge is 0.127 e. The Morgan fingerprint density at radius 1 is 1.15 bits per heavy atom. The first-order valence-corrected chi connectivity index (χ1v) is 4.52. The molecular formula is C10H10N2S. The molecule has 2 aromatic rings. The van der Waals surface area contributed by atoms with Gasteiger partial charge in [-0.3, -0.25) is 0 Å². The molecule has 0 saturated heterocycles. The summed E-state index contributed by atoms with van der Waals surface area (Å²) in [5.74, 6) is 0. The zero-order valence-electron chi connectivity index (χ0n) is 7.32. The zero-order chi connectivity index (χ0) is 9.26. The number of nitrogens with one attached hydrogen (secondary N) is 1. The number of rotatable bonds is 1. The summed E-state index contributed by atoms with van der Waals surface area (Å²) in [6, 6.07) is 10.1. The van der Waals surface area contributed by atoms with Crippen molar-refractivity contribution in [2.24, 2.45) is 0 Å². The lowest BCUT2D eigenvalue weighted by molar-refractivity contribution is 0.868. The van der Waals surface area contributed by atoms with Crippen molar-refractivity contribution in [1.29, 1.82) is 0 Å². The first kappa shape index (κ1) is 8.26. The third-order valence-corrected chi connectivity index (χ3v) is 2.26. The van der Waals surface area contributed by atoms with E-state index in [0.29, 0.717) is 0 Å². The molecule has 2 nitrogen and oxygen atoms in total. The van der Waals surface area contributed by atoms with Crippen LogP contribution in [-0.2, 0) is 0 Å². The van der Waals surface area contributed by atoms with Crippen LogP contribution in [0.1, 0.15) is 5.56 Å². The summed E-state index contributed by atoms with van der Waals surface area (Å²) in [6.07, 6.45) is 1.84. The fraction of sp³-hybridized carbons (Fsp3) is 0.100. The Hall–Kier alpha value is -1.35. The Morgan fingerprint density at radius 3 is 2.38 bits per heavy atom. The van der Waals surface area contributed by atoms with Crippen LogP contribution in [0.25, 0.3) is 5.69 Å². The van der Waals surface area contributed by atoms with E-state index < -0.39 is 0 Å². The molecular weight excluding hydrogens is 180 g/mol. The van der Waals surface area contributed by atoms with Crippen LogP contribution in [0.15, 0.2) is 36.5 Å². The Labute approximate surface area is 81.8 Å². The average Bonchev–Trinajstić information content (AvgIpc) is 2.53. The Morgan fingerprint density at radius 2 is 1.85 bits per heavy atom. The number of H-pyrrole nitrogens is 1. The summed E-state index contributed by atoms with van der Waals surface area (Å²) in [5, 5.41) is 3.05. The van der Waals surface area contributed by atoms with Crippen LogP contribution in [0.3, 0.4) is 0 Å². The molecule has 0 spiro atoms. The molecule has 2 rings (SSSR count). The molecule has 1 aromatic heterocycles. The molecule has 66 valence electrons. The number of hydrogen-bond acceptors (Lipinski definition) is 1. The fourth-order valence-corrected chi connectivity index (χ4v) is 1.44. The van der Waals surface area contributed by atoms with Gasteiger partial charge < -0.3 is 5.10 Å². The third-order valence-electron chi connectivity index (χ3n) is 1.94. The molecule has 0 aliphatic rings. The molecule has 0 radical (unpaired) electrons. The summed E-state index contributed by atoms with van der Waals surface area (Å²) in [6.45, 7) is 2.07. The van der Waals surface area contributed by atoms with Crippen molar-refractivity contribution in [2.75, 3.05) is 0 Å². The number of hydrogen-bond donors (Lipinski definition) is 1. The quantitative estimate of drug-likeness (QED) is 0.686. The minimum Gasteiger partial charge on any atom is -0.300 e. The van der Waals surface area contributed by atoms with Crippen molar-refractivity contribution in [3.63, 3.8) is 0 Å². The molecule has 0 aliphatic heterocycles. The van der Waals surface area contributed by atoms with Gasteiger partial charge >= 0.3 is 0 Å². The van der Waals surface area contributed by atoms with Crippen LogP contribution < -0.4 is 0 Å². The number of aromatic amines is 1. The summed E-state index contributed by atoms with van der Waals surface area (Å²) in [7, 11) is 0. The van der Waals surface area contributed by atoms with E-state index in [1.165, 1.54) is 5.56 Å². The van der Waals surface area contributed by atoms with Crippen molar-refractivity contribution >= 4 is 12.2 Å². The normalized spacial score (nSPS) is 10.2. The van der Waals surface area contributed by atoms with Gasteiger partial charge in [0.1, 0.15) is 4.64 Å². The molecule has 0 aliphatic carbocycles. The second-order valence-electron chi connectivity index (χ2n) is 2.97. The number of benzene rings is 1. The van der Waals surface area contributed by atoms with Gasteiger partial charge in [0.2, 0.25) is 0 Å². The fourth-order valence-electron chi connectivity index (χ4n) is 1.22. The van der Waals surface area contributed by atoms with Crippen molar-refractivity contribution < 1.29 is 0 Å². The van der Waals surface area contributed by atoms with Crippen LogP contribution >= 0.6 is 12.2 Å². The summed E-state index contributed by atoms with van der Waals surface area (Å²) in [4.78, 5) is 0. The van der Waals surface area contributed by atoms with E-state index in [2.05, 4.69) is 24.2 Å². The van der Waals surface area contributed by atoms with Gasteiger partial charge in [0, 0.05) is 6.20 Å². The summed E-state index contributed by atoms with van der Waals surface area (Å²) >= 11 is 5.13. The number of aryl methyl sites for hydroxylation is 1. The van der Waals surface area contributed by atoms with E-state index in [0.717, 1.165) is 10.3 Å². The van der Waals surface area contributed by atoms with Crippen LogP contribution in [0.4, 0.5) is 0 Å². The second-order valence-corrected chi connectivity index (χ2v) is 3.39. The van der Waals surface area contributed by atoms with Crippen LogP contribution in [0.2, 0.25) is 0 Å². The first-order valence-electron chi connectivity index (χ1n) is 4.11. The van der Waals surface area contributed by atoms with E-state index in [4.69, 9.17) is 12.2 Å². The topological polar surface area (TPSA) is 20.7 Å². The summed E-state index contributed by atoms with van der Waals surface area (Å²) < 4.78 is 2.67. The van der Waals surface area contributed by atoms with Crippen molar-refractivity contribution in [3.05, 3.63) is 46.7 Å². The second kappa shape index (κ2) is 3.18. The maximum absolute atomic E-state index is 5.13. The van der Waals surface area contributed by atoms with Crippen LogP contribution in [-0.4, -0.2) is 9.78 Å². The molecule has 1 heterocycles. The van der Waals surface area contributed by atoms with E-state index in [1.54, 1.807) is 0 Å². The van der Waals surface area contributed by atoms with Crippen molar-refractivity contribution in [3.8, 4) is 5.69 Å². The van der Waals surface area contributed by atoms with E-state index in [9.17, 15) is 0 Å². The lowest BCUT2D eigenvalue weighted by Crippen LogP contribution is -1.95. The van der Waals surface area contributed by atoms with E-state index in [-0.39, 0.29) is 0 Å². The van der Waals surface area contributed by atoms with Gasteiger partial charge in [-0.25, -0.2) is 4.68 Å². The average molecular weight is 190 g/mol. The van der Waals surface area contributed by atoms with Gasteiger partial charge in [0.05, 0.1) is 5.69 Å². The molecule has 13 heavy (non-hydrogen) atoms. The van der Waals surface area contributed by atoms with Gasteiger partial charge in [-0.2, -0.15) is 0 Å². The molecule has 0 unspecified atom stereocenters. The molecule has 0 saturated carbocycles. The molecule has 3 heteroatoms. The standard InChI is InChI=1S/C10H10N2S/c1-8-2-4-9(5-3-8)12-10(13)6-7-11-12/h2-7,11H,1H3. The zero-order valence-corrected chi connectivity index (χ0v) is 8.14. The number of aromatic nitrogens is 2. The van der Waals surface area contributed by atoms with Crippen LogP contribution in [0, 0.1) is 11.6 Å². The Balaban J connectivity index is 2.54. The molecule has 0 bridgehead atoms. The monoisotopic (exact) mass is 190 g/mol. The largest absolute Gasteiger partial charge is 0.300 e. The number of nitrogens with zero attached hydrogens (tertiary/aromatic N) is 1. The van der Waals surface area contributed by atoms with Gasteiger partial charge in [0.25, 0.3) is 0 Å². The van der Waals surface area contributed by atoms with E-state index in [1.807, 2.05) is 29.1 Å².